The van der Waals surface area contributed by atoms with Crippen LogP contribution in [0.3, 0.4) is 0 Å². The van der Waals surface area contributed by atoms with Crippen LogP contribution >= 0.6 is 0 Å². The molecule has 0 N–H and O–H groups in total. The van der Waals surface area contributed by atoms with Gasteiger partial charge in [0.15, 0.2) is 0 Å². The molecule has 0 saturated carbocycles. The van der Waals surface area contributed by atoms with Crippen molar-refractivity contribution in [3.8, 4) is 0 Å². The van der Waals surface area contributed by atoms with E-state index >= 15 is 0 Å². The molecule has 4 aromatic rings. The normalized spacial score (nSPS) is 10.4. The van der Waals surface area contributed by atoms with Crippen LogP contribution in [0, 0.1) is 0 Å². The molecule has 0 amide bonds. The van der Waals surface area contributed by atoms with E-state index in [1.807, 2.05) is 0 Å². The first-order chi connectivity index (χ1) is 14.4. The summed E-state index contributed by atoms with van der Waals surface area (Å²) in [6.07, 6.45) is 4.53. The summed E-state index contributed by atoms with van der Waals surface area (Å²) in [5, 5.41) is 5.69. The Morgan fingerprint density at radius 1 is 0.667 bits per heavy atom. The van der Waals surface area contributed by atoms with Crippen molar-refractivity contribution < 1.29 is 20.0 Å². The Morgan fingerprint density at radius 2 is 1.03 bits per heavy atom. The average molecular weight is 432 g/mol. The first-order valence-corrected chi connectivity index (χ1v) is 12.1. The predicted molar refractivity (Wildman–Crippen MR) is 133 cm³/mol. The van der Waals surface area contributed by atoms with E-state index in [2.05, 4.69) is 122 Å². The van der Waals surface area contributed by atoms with Gasteiger partial charge in [-0.05, 0) is 25.7 Å². The molecule has 0 aliphatic heterocycles. The fraction of sp³-hybridized carbons (Fsp3) is 0.345. The average Bonchev–Trinajstić information content (AvgIpc) is 3.36. The molecule has 0 atom stereocenters. The van der Waals surface area contributed by atoms with Gasteiger partial charge in [0.1, 0.15) is 0 Å². The van der Waals surface area contributed by atoms with Crippen molar-refractivity contribution in [3.63, 3.8) is 0 Å². The zero-order chi connectivity index (χ0) is 22.1. The molecular weight excluding hydrogens is 396 g/mol. The van der Waals surface area contributed by atoms with Gasteiger partial charge < -0.3 is 0 Å². The van der Waals surface area contributed by atoms with Gasteiger partial charge in [-0.25, -0.2) is 0 Å². The van der Waals surface area contributed by atoms with E-state index in [0.29, 0.717) is 0 Å². The van der Waals surface area contributed by atoms with Crippen LogP contribution in [0.25, 0.3) is 21.5 Å². The van der Waals surface area contributed by atoms with Crippen molar-refractivity contribution in [1.29, 1.82) is 0 Å². The van der Waals surface area contributed by atoms with Gasteiger partial charge in [0.25, 0.3) is 0 Å². The van der Waals surface area contributed by atoms with Crippen LogP contribution in [-0.2, 0) is 45.7 Å². The summed E-state index contributed by atoms with van der Waals surface area (Å²) in [6, 6.07) is 22.4. The number of hydrogen-bond donors (Lipinski definition) is 0. The van der Waals surface area contributed by atoms with E-state index in [-0.39, 0.29) is 0 Å². The molecule has 0 heterocycles. The van der Waals surface area contributed by atoms with E-state index in [0.717, 1.165) is 25.7 Å². The number of aryl methyl sites for hydroxylation is 4. The third kappa shape index (κ3) is 6.63. The van der Waals surface area contributed by atoms with Crippen molar-refractivity contribution in [2.45, 2.75) is 67.2 Å². The quantitative estimate of drug-likeness (QED) is 0.226. The summed E-state index contributed by atoms with van der Waals surface area (Å²) in [4.78, 5) is 0. The van der Waals surface area contributed by atoms with Crippen molar-refractivity contribution in [1.82, 2.24) is 0 Å². The molecule has 0 bridgehead atoms. The van der Waals surface area contributed by atoms with Gasteiger partial charge in [-0.3, -0.25) is 0 Å². The van der Waals surface area contributed by atoms with Crippen LogP contribution in [0.4, 0.5) is 0 Å². The fourth-order valence-electron chi connectivity index (χ4n) is 3.75. The van der Waals surface area contributed by atoms with Gasteiger partial charge in [0.2, 0.25) is 0 Å². The third-order valence-corrected chi connectivity index (χ3v) is 5.38. The minimum atomic E-state index is 1.13. The number of hydrogen-bond acceptors (Lipinski definition) is 0. The molecule has 0 aliphatic carbocycles. The summed E-state index contributed by atoms with van der Waals surface area (Å²) < 4.78 is 1.42. The maximum absolute atomic E-state index is 2.33. The maximum atomic E-state index is 2.33. The molecule has 0 spiro atoms. The minimum absolute atomic E-state index is 1.13. The SMILES string of the molecule is CCc1cc2c(CC)cccc2[cH-]1.CCc1cc2c(CC)cccc2[cH-]1.C[C](C)=[Ti+2]. The molecule has 0 aromatic heterocycles. The summed E-state index contributed by atoms with van der Waals surface area (Å²) >= 11 is 2.08. The van der Waals surface area contributed by atoms with Crippen LogP contribution < -0.4 is 0 Å². The second-order valence-corrected chi connectivity index (χ2v) is 9.54. The van der Waals surface area contributed by atoms with Gasteiger partial charge in [-0.2, -0.15) is 12.1 Å². The predicted octanol–water partition coefficient (Wildman–Crippen LogP) is 8.11. The first-order valence-electron chi connectivity index (χ1n) is 11.3. The number of fused-ring (bicyclic) bond motifs is 2. The molecular formula is C29H36Ti. The van der Waals surface area contributed by atoms with E-state index in [1.165, 1.54) is 47.6 Å². The monoisotopic (exact) mass is 432 g/mol. The summed E-state index contributed by atoms with van der Waals surface area (Å²) in [5.74, 6) is 0. The van der Waals surface area contributed by atoms with Crippen LogP contribution in [0.2, 0.25) is 0 Å². The van der Waals surface area contributed by atoms with Crippen molar-refractivity contribution in [2.75, 3.05) is 0 Å². The second kappa shape index (κ2) is 12.2. The van der Waals surface area contributed by atoms with Crippen molar-refractivity contribution in [2.24, 2.45) is 0 Å². The third-order valence-electron chi connectivity index (χ3n) is 5.38. The molecule has 0 radical (unpaired) electrons. The van der Waals surface area contributed by atoms with Crippen LogP contribution in [0.5, 0.6) is 0 Å². The van der Waals surface area contributed by atoms with E-state index < -0.39 is 0 Å². The Hall–Kier alpha value is -1.76. The van der Waals surface area contributed by atoms with Crippen LogP contribution in [-0.4, -0.2) is 3.81 Å². The van der Waals surface area contributed by atoms with Gasteiger partial charge >= 0.3 is 37.6 Å². The standard InChI is InChI=1S/2C13H15.C3H6.Ti/c2*1-3-10-8-12-7-5-6-11(4-2)13(12)9-10;1-3-2;/h2*5-9H,3-4H2,1-2H3;1-2H3;/q2*-1;;+2. The Bertz CT molecular complexity index is 988. The Labute approximate surface area is 195 Å². The molecule has 0 saturated heterocycles. The molecule has 156 valence electrons. The molecule has 4 aromatic carbocycles. The molecule has 0 aliphatic rings. The molecule has 0 nitrogen and oxygen atoms in total. The van der Waals surface area contributed by atoms with Crippen molar-refractivity contribution >= 4 is 25.4 Å². The van der Waals surface area contributed by atoms with E-state index in [1.54, 1.807) is 0 Å². The van der Waals surface area contributed by atoms with E-state index in [9.17, 15) is 0 Å². The Morgan fingerprint density at radius 3 is 1.33 bits per heavy atom. The molecule has 1 heteroatoms. The summed E-state index contributed by atoms with van der Waals surface area (Å²) in [7, 11) is 0. The zero-order valence-electron chi connectivity index (χ0n) is 19.6. The summed E-state index contributed by atoms with van der Waals surface area (Å²) in [6.45, 7) is 13.0. The second-order valence-electron chi connectivity index (χ2n) is 7.98. The molecule has 4 rings (SSSR count). The Kier molecular flexibility index (Phi) is 9.96. The first kappa shape index (κ1) is 24.5. The number of benzene rings is 2. The van der Waals surface area contributed by atoms with Gasteiger partial charge in [-0.15, -0.1) is 69.1 Å². The van der Waals surface area contributed by atoms with E-state index in [4.69, 9.17) is 0 Å². The molecule has 0 fully saturated rings. The molecule has 30 heavy (non-hydrogen) atoms. The number of rotatable bonds is 4. The summed E-state index contributed by atoms with van der Waals surface area (Å²) in [5.41, 5.74) is 5.85. The van der Waals surface area contributed by atoms with Crippen molar-refractivity contribution in [3.05, 3.63) is 82.9 Å². The van der Waals surface area contributed by atoms with Crippen LogP contribution in [0.15, 0.2) is 60.7 Å². The zero-order valence-corrected chi connectivity index (χ0v) is 21.2. The van der Waals surface area contributed by atoms with Gasteiger partial charge in [0, 0.05) is 0 Å². The van der Waals surface area contributed by atoms with Gasteiger partial charge in [-0.1, -0.05) is 51.0 Å². The molecule has 0 unspecified atom stereocenters. The topological polar surface area (TPSA) is 0 Å². The fourth-order valence-corrected chi connectivity index (χ4v) is 3.75. The Balaban J connectivity index is 0.000000182. The van der Waals surface area contributed by atoms with Gasteiger partial charge in [0.05, 0.1) is 0 Å². The van der Waals surface area contributed by atoms with Crippen LogP contribution in [0.1, 0.15) is 63.8 Å².